The van der Waals surface area contributed by atoms with Gasteiger partial charge in [-0.3, -0.25) is 4.79 Å². The number of rotatable bonds is 7. The van der Waals surface area contributed by atoms with Crippen LogP contribution in [0, 0.1) is 0 Å². The number of aliphatic carboxylic acids is 1. The summed E-state index contributed by atoms with van der Waals surface area (Å²) in [5, 5.41) is 14.7. The Labute approximate surface area is 123 Å². The molecule has 0 radical (unpaired) electrons. The van der Waals surface area contributed by atoms with Crippen LogP contribution in [0.15, 0.2) is 6.07 Å². The van der Waals surface area contributed by atoms with E-state index in [0.29, 0.717) is 11.9 Å². The molecule has 1 aliphatic carbocycles. The molecule has 21 heavy (non-hydrogen) atoms. The van der Waals surface area contributed by atoms with E-state index in [9.17, 15) is 4.79 Å². The van der Waals surface area contributed by atoms with Gasteiger partial charge in [0.05, 0.1) is 11.8 Å². The molecule has 1 atom stereocenters. The van der Waals surface area contributed by atoms with E-state index >= 15 is 0 Å². The van der Waals surface area contributed by atoms with Gasteiger partial charge in [-0.2, -0.15) is 4.98 Å². The van der Waals surface area contributed by atoms with Gasteiger partial charge in [0.2, 0.25) is 5.95 Å². The third-order valence-corrected chi connectivity index (χ3v) is 3.67. The predicted octanol–water partition coefficient (Wildman–Crippen LogP) is 1.44. The highest BCUT2D eigenvalue weighted by atomic mass is 16.5. The van der Waals surface area contributed by atoms with Crippen molar-refractivity contribution in [1.82, 2.24) is 9.97 Å². The second-order valence-corrected chi connectivity index (χ2v) is 5.54. The Balaban J connectivity index is 1.66. The Bertz CT molecular complexity index is 513. The summed E-state index contributed by atoms with van der Waals surface area (Å²) in [5.74, 6) is 0.665. The molecular weight excluding hydrogens is 272 g/mol. The van der Waals surface area contributed by atoms with Crippen molar-refractivity contribution in [3.8, 4) is 0 Å². The van der Waals surface area contributed by atoms with Crippen molar-refractivity contribution >= 4 is 17.7 Å². The van der Waals surface area contributed by atoms with E-state index < -0.39 is 5.97 Å². The summed E-state index contributed by atoms with van der Waals surface area (Å²) >= 11 is 0. The Morgan fingerprint density at radius 1 is 1.33 bits per heavy atom. The zero-order valence-electron chi connectivity index (χ0n) is 11.8. The maximum atomic E-state index is 10.6. The van der Waals surface area contributed by atoms with Crippen molar-refractivity contribution in [1.29, 1.82) is 0 Å². The average Bonchev–Trinajstić information content (AvgIpc) is 3.20. The highest BCUT2D eigenvalue weighted by molar-refractivity contribution is 5.71. The van der Waals surface area contributed by atoms with E-state index in [1.807, 2.05) is 6.07 Å². The van der Waals surface area contributed by atoms with E-state index in [-0.39, 0.29) is 12.6 Å². The van der Waals surface area contributed by atoms with Gasteiger partial charge in [0.15, 0.2) is 0 Å². The van der Waals surface area contributed by atoms with Crippen LogP contribution in [0.25, 0.3) is 0 Å². The molecule has 0 aromatic carbocycles. The van der Waals surface area contributed by atoms with Crippen molar-refractivity contribution in [2.24, 2.45) is 0 Å². The van der Waals surface area contributed by atoms with Crippen LogP contribution in [0.1, 0.15) is 37.3 Å². The molecule has 1 aromatic heterocycles. The molecule has 0 unspecified atom stereocenters. The quantitative estimate of drug-likeness (QED) is 0.699. The number of anilines is 2. The number of carbonyl (C=O) groups is 1. The lowest BCUT2D eigenvalue weighted by Gasteiger charge is -2.13. The number of carboxylic acid groups (broad SMARTS) is 1. The molecule has 2 aliphatic rings. The second kappa shape index (κ2) is 6.26. The lowest BCUT2D eigenvalue weighted by atomic mass is 10.2. The fourth-order valence-corrected chi connectivity index (χ4v) is 2.40. The van der Waals surface area contributed by atoms with E-state index in [1.54, 1.807) is 0 Å². The molecule has 3 rings (SSSR count). The molecule has 1 saturated heterocycles. The monoisotopic (exact) mass is 292 g/mol. The van der Waals surface area contributed by atoms with Crippen LogP contribution in [-0.2, 0) is 9.53 Å². The van der Waals surface area contributed by atoms with Crippen LogP contribution in [0.4, 0.5) is 11.8 Å². The lowest BCUT2D eigenvalue weighted by molar-refractivity contribution is -0.134. The van der Waals surface area contributed by atoms with Gasteiger partial charge >= 0.3 is 5.97 Å². The Morgan fingerprint density at radius 3 is 2.86 bits per heavy atom. The molecule has 1 aromatic rings. The molecule has 2 fully saturated rings. The van der Waals surface area contributed by atoms with Gasteiger partial charge in [-0.05, 0) is 25.7 Å². The standard InChI is InChI=1S/C14H20N4O3/c19-13(20)8-16-14-17-11(9-3-4-9)6-12(18-14)15-7-10-2-1-5-21-10/h6,9-10H,1-5,7-8H2,(H,19,20)(H2,15,16,17,18)/t10-/m1/s1. The molecule has 3 N–H and O–H groups in total. The average molecular weight is 292 g/mol. The Morgan fingerprint density at radius 2 is 2.19 bits per heavy atom. The van der Waals surface area contributed by atoms with Crippen LogP contribution in [0.2, 0.25) is 0 Å². The van der Waals surface area contributed by atoms with E-state index in [1.165, 1.54) is 0 Å². The fourth-order valence-electron chi connectivity index (χ4n) is 2.40. The first-order valence-corrected chi connectivity index (χ1v) is 7.41. The maximum Gasteiger partial charge on any atom is 0.322 e. The maximum absolute atomic E-state index is 10.6. The van der Waals surface area contributed by atoms with Crippen LogP contribution < -0.4 is 10.6 Å². The summed E-state index contributed by atoms with van der Waals surface area (Å²) in [5.41, 5.74) is 0.979. The van der Waals surface area contributed by atoms with Crippen molar-refractivity contribution in [3.05, 3.63) is 11.8 Å². The summed E-state index contributed by atoms with van der Waals surface area (Å²) in [6, 6.07) is 1.96. The molecule has 7 heteroatoms. The number of carboxylic acids is 1. The van der Waals surface area contributed by atoms with Crippen LogP contribution in [-0.4, -0.2) is 46.8 Å². The second-order valence-electron chi connectivity index (χ2n) is 5.54. The zero-order valence-corrected chi connectivity index (χ0v) is 11.8. The minimum absolute atomic E-state index is 0.181. The number of ether oxygens (including phenoxy) is 1. The fraction of sp³-hybridized carbons (Fsp3) is 0.643. The molecule has 0 spiro atoms. The normalized spacial score (nSPS) is 21.2. The summed E-state index contributed by atoms with van der Waals surface area (Å²) in [6.45, 7) is 1.37. The number of aromatic nitrogens is 2. The van der Waals surface area contributed by atoms with E-state index in [4.69, 9.17) is 9.84 Å². The summed E-state index contributed by atoms with van der Waals surface area (Å²) in [6.07, 6.45) is 4.69. The molecular formula is C14H20N4O3. The first kappa shape index (κ1) is 14.1. The third kappa shape index (κ3) is 4.04. The number of hydrogen-bond donors (Lipinski definition) is 3. The van der Waals surface area contributed by atoms with Gasteiger partial charge in [0.1, 0.15) is 12.4 Å². The summed E-state index contributed by atoms with van der Waals surface area (Å²) in [4.78, 5) is 19.4. The predicted molar refractivity (Wildman–Crippen MR) is 77.6 cm³/mol. The smallest absolute Gasteiger partial charge is 0.322 e. The molecule has 114 valence electrons. The van der Waals surface area contributed by atoms with Gasteiger partial charge in [-0.15, -0.1) is 0 Å². The summed E-state index contributed by atoms with van der Waals surface area (Å²) in [7, 11) is 0. The van der Waals surface area contributed by atoms with Gasteiger partial charge in [0, 0.05) is 25.1 Å². The van der Waals surface area contributed by atoms with Crippen LogP contribution in [0.5, 0.6) is 0 Å². The number of nitrogens with one attached hydrogen (secondary N) is 2. The minimum Gasteiger partial charge on any atom is -0.480 e. The van der Waals surface area contributed by atoms with Gasteiger partial charge in [0.25, 0.3) is 0 Å². The summed E-state index contributed by atoms with van der Waals surface area (Å²) < 4.78 is 5.57. The van der Waals surface area contributed by atoms with Crippen LogP contribution in [0.3, 0.4) is 0 Å². The molecule has 1 aliphatic heterocycles. The molecule has 2 heterocycles. The number of nitrogens with zero attached hydrogens (tertiary/aromatic N) is 2. The Kier molecular flexibility index (Phi) is 4.19. The van der Waals surface area contributed by atoms with Gasteiger partial charge in [-0.25, -0.2) is 4.98 Å². The van der Waals surface area contributed by atoms with E-state index in [0.717, 1.165) is 50.3 Å². The lowest BCUT2D eigenvalue weighted by Crippen LogP contribution is -2.20. The minimum atomic E-state index is -0.927. The van der Waals surface area contributed by atoms with Crippen molar-refractivity contribution in [2.45, 2.75) is 37.7 Å². The largest absolute Gasteiger partial charge is 0.480 e. The van der Waals surface area contributed by atoms with Gasteiger partial charge in [-0.1, -0.05) is 0 Å². The first-order valence-electron chi connectivity index (χ1n) is 7.41. The highest BCUT2D eigenvalue weighted by Gasteiger charge is 2.26. The third-order valence-electron chi connectivity index (χ3n) is 3.67. The molecule has 0 amide bonds. The highest BCUT2D eigenvalue weighted by Crippen LogP contribution is 2.39. The van der Waals surface area contributed by atoms with Crippen molar-refractivity contribution in [2.75, 3.05) is 30.3 Å². The van der Waals surface area contributed by atoms with Crippen molar-refractivity contribution < 1.29 is 14.6 Å². The topological polar surface area (TPSA) is 96.4 Å². The van der Waals surface area contributed by atoms with Crippen molar-refractivity contribution in [3.63, 3.8) is 0 Å². The zero-order chi connectivity index (χ0) is 14.7. The SMILES string of the molecule is O=C(O)CNc1nc(NC[C@H]2CCCO2)cc(C2CC2)n1. The van der Waals surface area contributed by atoms with E-state index in [2.05, 4.69) is 20.6 Å². The molecule has 7 nitrogen and oxygen atoms in total. The van der Waals surface area contributed by atoms with Crippen LogP contribution >= 0.6 is 0 Å². The number of hydrogen-bond acceptors (Lipinski definition) is 6. The Hall–Kier alpha value is -1.89. The molecule has 0 bridgehead atoms. The molecule has 1 saturated carbocycles. The van der Waals surface area contributed by atoms with Gasteiger partial charge < -0.3 is 20.5 Å². The first-order chi connectivity index (χ1) is 10.2.